The lowest BCUT2D eigenvalue weighted by Crippen LogP contribution is -2.61. The van der Waals surface area contributed by atoms with Crippen molar-refractivity contribution in [1.82, 2.24) is 5.06 Å². The number of hydroxylamine groups is 2. The van der Waals surface area contributed by atoms with Gasteiger partial charge in [-0.05, 0) is 87.5 Å². The van der Waals surface area contributed by atoms with E-state index in [-0.39, 0.29) is 11.1 Å². The molecule has 0 aliphatic carbocycles. The van der Waals surface area contributed by atoms with Gasteiger partial charge in [0.15, 0.2) is 0 Å². The van der Waals surface area contributed by atoms with E-state index in [0.717, 1.165) is 19.3 Å². The molecule has 1 fully saturated rings. The number of ether oxygens (including phenoxy) is 1. The van der Waals surface area contributed by atoms with Crippen molar-refractivity contribution in [2.45, 2.75) is 116 Å². The van der Waals surface area contributed by atoms with Gasteiger partial charge in [0.2, 0.25) is 6.10 Å². The van der Waals surface area contributed by atoms with Crippen LogP contribution < -0.4 is 0 Å². The summed E-state index contributed by atoms with van der Waals surface area (Å²) in [6.07, 6.45) is 9.93. The SMILES string of the molecule is C/C=C/C=C\CC[C@H](O)[C@H](ON1C(C)(C)CCCC1(C)C)C(=O)OC(C)(C)C. The maximum Gasteiger partial charge on any atom is 0.340 e. The number of nitrogens with zero attached hydrogens (tertiary/aromatic N) is 1. The van der Waals surface area contributed by atoms with E-state index in [2.05, 4.69) is 27.7 Å². The highest BCUT2D eigenvalue weighted by atomic mass is 16.7. The van der Waals surface area contributed by atoms with Crippen LogP contribution in [0.15, 0.2) is 24.3 Å². The Labute approximate surface area is 171 Å². The average Bonchev–Trinajstić information content (AvgIpc) is 2.51. The normalized spacial score (nSPS) is 22.5. The lowest BCUT2D eigenvalue weighted by molar-refractivity contribution is -0.315. The Kier molecular flexibility index (Phi) is 8.92. The Morgan fingerprint density at radius 1 is 1.14 bits per heavy atom. The van der Waals surface area contributed by atoms with Gasteiger partial charge < -0.3 is 9.84 Å². The second-order valence-electron chi connectivity index (χ2n) is 9.93. The predicted molar refractivity (Wildman–Crippen MR) is 114 cm³/mol. The first-order valence-corrected chi connectivity index (χ1v) is 10.5. The zero-order valence-corrected chi connectivity index (χ0v) is 19.1. The quantitative estimate of drug-likeness (QED) is 0.466. The molecule has 1 rings (SSSR count). The smallest absolute Gasteiger partial charge is 0.340 e. The number of carbonyl (C=O) groups excluding carboxylic acids is 1. The summed E-state index contributed by atoms with van der Waals surface area (Å²) in [6, 6.07) is 0. The van der Waals surface area contributed by atoms with Crippen molar-refractivity contribution >= 4 is 5.97 Å². The number of hydrogen-bond donors (Lipinski definition) is 1. The highest BCUT2D eigenvalue weighted by Gasteiger charge is 2.46. The Morgan fingerprint density at radius 2 is 1.71 bits per heavy atom. The molecule has 1 heterocycles. The van der Waals surface area contributed by atoms with E-state index in [1.807, 2.05) is 57.1 Å². The van der Waals surface area contributed by atoms with Crippen LogP contribution in [-0.4, -0.2) is 45.0 Å². The van der Waals surface area contributed by atoms with Crippen LogP contribution in [-0.2, 0) is 14.4 Å². The van der Waals surface area contributed by atoms with Crippen molar-refractivity contribution in [2.24, 2.45) is 0 Å². The highest BCUT2D eigenvalue weighted by Crippen LogP contribution is 2.39. The van der Waals surface area contributed by atoms with Gasteiger partial charge in [-0.2, -0.15) is 5.06 Å². The molecular formula is C23H41NO4. The first-order valence-electron chi connectivity index (χ1n) is 10.5. The number of esters is 1. The van der Waals surface area contributed by atoms with E-state index in [1.54, 1.807) is 0 Å². The monoisotopic (exact) mass is 395 g/mol. The Balaban J connectivity index is 3.00. The maximum atomic E-state index is 12.9. The Bertz CT molecular complexity index is 541. The van der Waals surface area contributed by atoms with Gasteiger partial charge in [-0.15, -0.1) is 0 Å². The van der Waals surface area contributed by atoms with Crippen LogP contribution in [0.5, 0.6) is 0 Å². The van der Waals surface area contributed by atoms with Crippen molar-refractivity contribution in [1.29, 1.82) is 0 Å². The predicted octanol–water partition coefficient (Wildman–Crippen LogP) is 4.94. The van der Waals surface area contributed by atoms with Crippen LogP contribution >= 0.6 is 0 Å². The second kappa shape index (κ2) is 10.0. The van der Waals surface area contributed by atoms with Crippen LogP contribution in [0, 0.1) is 0 Å². The van der Waals surface area contributed by atoms with Crippen LogP contribution in [0.25, 0.3) is 0 Å². The summed E-state index contributed by atoms with van der Waals surface area (Å²) in [4.78, 5) is 19.1. The molecule has 5 heteroatoms. The Morgan fingerprint density at radius 3 is 2.21 bits per heavy atom. The number of aliphatic hydroxyl groups is 1. The van der Waals surface area contributed by atoms with Crippen molar-refractivity contribution in [3.05, 3.63) is 24.3 Å². The number of hydrogen-bond acceptors (Lipinski definition) is 5. The van der Waals surface area contributed by atoms with Crippen molar-refractivity contribution in [3.63, 3.8) is 0 Å². The van der Waals surface area contributed by atoms with E-state index in [0.29, 0.717) is 12.8 Å². The fourth-order valence-corrected chi connectivity index (χ4v) is 3.71. The largest absolute Gasteiger partial charge is 0.458 e. The molecule has 0 radical (unpaired) electrons. The minimum absolute atomic E-state index is 0.229. The van der Waals surface area contributed by atoms with E-state index in [4.69, 9.17) is 9.57 Å². The molecule has 1 saturated heterocycles. The number of aliphatic hydroxyl groups excluding tert-OH is 1. The average molecular weight is 396 g/mol. The molecule has 0 bridgehead atoms. The van der Waals surface area contributed by atoms with E-state index in [1.165, 1.54) is 0 Å². The van der Waals surface area contributed by atoms with Gasteiger partial charge >= 0.3 is 5.97 Å². The molecule has 1 aliphatic rings. The number of piperidine rings is 1. The van der Waals surface area contributed by atoms with Gasteiger partial charge in [0.25, 0.3) is 0 Å². The van der Waals surface area contributed by atoms with Gasteiger partial charge in [0.05, 0.1) is 6.10 Å². The minimum Gasteiger partial charge on any atom is -0.458 e. The van der Waals surface area contributed by atoms with Crippen molar-refractivity contribution < 1.29 is 19.5 Å². The summed E-state index contributed by atoms with van der Waals surface area (Å²) in [6.45, 7) is 15.9. The molecular weight excluding hydrogens is 354 g/mol. The van der Waals surface area contributed by atoms with Crippen LogP contribution in [0.1, 0.15) is 87.5 Å². The first-order chi connectivity index (χ1) is 12.8. The molecule has 2 atom stereocenters. The summed E-state index contributed by atoms with van der Waals surface area (Å²) in [5.41, 5.74) is -1.10. The van der Waals surface area contributed by atoms with Crippen molar-refractivity contribution in [3.8, 4) is 0 Å². The molecule has 0 aromatic heterocycles. The van der Waals surface area contributed by atoms with Gasteiger partial charge in [0.1, 0.15) is 5.60 Å². The molecule has 5 nitrogen and oxygen atoms in total. The molecule has 0 unspecified atom stereocenters. The summed E-state index contributed by atoms with van der Waals surface area (Å²) >= 11 is 0. The molecule has 1 aliphatic heterocycles. The summed E-state index contributed by atoms with van der Waals surface area (Å²) in [5, 5.41) is 12.7. The van der Waals surface area contributed by atoms with Crippen LogP contribution in [0.2, 0.25) is 0 Å². The third kappa shape index (κ3) is 7.69. The Hall–Kier alpha value is -1.17. The number of allylic oxidation sites excluding steroid dienone is 4. The molecule has 162 valence electrons. The summed E-state index contributed by atoms with van der Waals surface area (Å²) in [7, 11) is 0. The fraction of sp³-hybridized carbons (Fsp3) is 0.783. The van der Waals surface area contributed by atoms with Crippen LogP contribution in [0.3, 0.4) is 0 Å². The molecule has 0 aromatic carbocycles. The highest BCUT2D eigenvalue weighted by molar-refractivity contribution is 5.75. The third-order valence-electron chi connectivity index (χ3n) is 4.95. The van der Waals surface area contributed by atoms with E-state index < -0.39 is 23.8 Å². The first kappa shape index (κ1) is 24.9. The maximum absolute atomic E-state index is 12.9. The number of rotatable bonds is 8. The topological polar surface area (TPSA) is 59.0 Å². The lowest BCUT2D eigenvalue weighted by Gasteiger charge is -2.52. The molecule has 28 heavy (non-hydrogen) atoms. The van der Waals surface area contributed by atoms with Crippen LogP contribution in [0.4, 0.5) is 0 Å². The standard InChI is InChI=1S/C23H41NO4/c1-9-10-11-12-13-15-18(25)19(20(26)27-21(2,3)4)28-24-22(5,6)16-14-17-23(24,7)8/h9-12,18-19,25H,13-17H2,1-8H3/b10-9+,12-11-/t18-,19-/m0/s1. The van der Waals surface area contributed by atoms with Gasteiger partial charge in [0, 0.05) is 11.1 Å². The molecule has 0 aromatic rings. The zero-order valence-electron chi connectivity index (χ0n) is 19.1. The molecule has 0 amide bonds. The fourth-order valence-electron chi connectivity index (χ4n) is 3.71. The second-order valence-corrected chi connectivity index (χ2v) is 9.93. The van der Waals surface area contributed by atoms with Gasteiger partial charge in [-0.3, -0.25) is 4.84 Å². The third-order valence-corrected chi connectivity index (χ3v) is 4.95. The van der Waals surface area contributed by atoms with Crippen molar-refractivity contribution in [2.75, 3.05) is 0 Å². The molecule has 1 N–H and O–H groups in total. The molecule has 0 saturated carbocycles. The summed E-state index contributed by atoms with van der Waals surface area (Å²) < 4.78 is 5.56. The summed E-state index contributed by atoms with van der Waals surface area (Å²) in [5.74, 6) is -0.519. The lowest BCUT2D eigenvalue weighted by atomic mass is 9.82. The van der Waals surface area contributed by atoms with E-state index >= 15 is 0 Å². The molecule has 0 spiro atoms. The zero-order chi connectivity index (χ0) is 21.6. The minimum atomic E-state index is -1.05. The van der Waals surface area contributed by atoms with Gasteiger partial charge in [-0.1, -0.05) is 24.3 Å². The van der Waals surface area contributed by atoms with Gasteiger partial charge in [-0.25, -0.2) is 4.79 Å². The van der Waals surface area contributed by atoms with E-state index in [9.17, 15) is 9.90 Å². The number of carbonyl (C=O) groups is 1.